The third-order valence-electron chi connectivity index (χ3n) is 3.65. The topological polar surface area (TPSA) is 28.7 Å². The van der Waals surface area contributed by atoms with Crippen LogP contribution in [0.5, 0.6) is 0 Å². The molecule has 0 unspecified atom stereocenters. The number of nitrogens with one attached hydrogen (secondary N) is 1. The van der Waals surface area contributed by atoms with Gasteiger partial charge in [-0.15, -0.1) is 0 Å². The van der Waals surface area contributed by atoms with Gasteiger partial charge in [-0.3, -0.25) is 0 Å². The lowest BCUT2D eigenvalue weighted by Gasteiger charge is -2.00. The lowest BCUT2D eigenvalue weighted by Crippen LogP contribution is -1.86. The highest BCUT2D eigenvalue weighted by atomic mass is 32.2. The number of aromatic nitrogens is 2. The summed E-state index contributed by atoms with van der Waals surface area (Å²) in [6.07, 6.45) is 0. The van der Waals surface area contributed by atoms with Gasteiger partial charge in [0, 0.05) is 5.75 Å². The predicted octanol–water partition coefficient (Wildman–Crippen LogP) is 5.15. The second-order valence-corrected chi connectivity index (χ2v) is 6.10. The van der Waals surface area contributed by atoms with Crippen LogP contribution >= 0.6 is 11.8 Å². The van der Waals surface area contributed by atoms with Gasteiger partial charge in [0.2, 0.25) is 0 Å². The average Bonchev–Trinajstić information content (AvgIpc) is 2.93. The molecule has 0 aliphatic rings. The molecule has 0 saturated carbocycles. The third kappa shape index (κ3) is 2.46. The van der Waals surface area contributed by atoms with Crippen molar-refractivity contribution < 1.29 is 4.39 Å². The summed E-state index contributed by atoms with van der Waals surface area (Å²) < 4.78 is 13.6. The number of hydrogen-bond acceptors (Lipinski definition) is 2. The van der Waals surface area contributed by atoms with E-state index in [1.54, 1.807) is 12.1 Å². The van der Waals surface area contributed by atoms with E-state index in [0.717, 1.165) is 16.2 Å². The molecule has 0 amide bonds. The van der Waals surface area contributed by atoms with Crippen molar-refractivity contribution in [1.82, 2.24) is 9.97 Å². The molecule has 4 heteroatoms. The first-order chi connectivity index (χ1) is 10.8. The first kappa shape index (κ1) is 13.3. The van der Waals surface area contributed by atoms with E-state index in [0.29, 0.717) is 11.3 Å². The number of aromatic amines is 1. The number of fused-ring (bicyclic) bond motifs is 2. The molecule has 0 bridgehead atoms. The number of halogens is 1. The minimum Gasteiger partial charge on any atom is -0.333 e. The van der Waals surface area contributed by atoms with Crippen LogP contribution in [0.4, 0.5) is 4.39 Å². The SMILES string of the molecule is Fc1ccccc1CSc1nc2cc3ccccc3cc2[nH]1. The smallest absolute Gasteiger partial charge is 0.166 e. The average molecular weight is 308 g/mol. The molecule has 0 radical (unpaired) electrons. The van der Waals surface area contributed by atoms with Gasteiger partial charge in [-0.05, 0) is 34.5 Å². The Labute approximate surface area is 131 Å². The highest BCUT2D eigenvalue weighted by Crippen LogP contribution is 2.26. The number of imidazole rings is 1. The minimum absolute atomic E-state index is 0.170. The molecule has 3 aromatic carbocycles. The number of hydrogen-bond donors (Lipinski definition) is 1. The van der Waals surface area contributed by atoms with Crippen molar-refractivity contribution in [1.29, 1.82) is 0 Å². The van der Waals surface area contributed by atoms with Gasteiger partial charge in [-0.25, -0.2) is 9.37 Å². The monoisotopic (exact) mass is 308 g/mol. The Hall–Kier alpha value is -2.33. The summed E-state index contributed by atoms with van der Waals surface area (Å²) in [6.45, 7) is 0. The zero-order valence-corrected chi connectivity index (χ0v) is 12.5. The molecule has 0 aliphatic heterocycles. The molecule has 108 valence electrons. The molecule has 1 N–H and O–H groups in total. The van der Waals surface area contributed by atoms with Gasteiger partial charge in [-0.2, -0.15) is 0 Å². The van der Waals surface area contributed by atoms with Crippen LogP contribution in [0.25, 0.3) is 21.8 Å². The highest BCUT2D eigenvalue weighted by Gasteiger charge is 2.07. The number of H-pyrrole nitrogens is 1. The first-order valence-corrected chi connectivity index (χ1v) is 8.03. The fourth-order valence-electron chi connectivity index (χ4n) is 2.50. The number of nitrogens with zero attached hydrogens (tertiary/aromatic N) is 1. The Bertz CT molecular complexity index is 909. The quantitative estimate of drug-likeness (QED) is 0.530. The van der Waals surface area contributed by atoms with Crippen molar-refractivity contribution >= 4 is 33.6 Å². The first-order valence-electron chi connectivity index (χ1n) is 7.04. The van der Waals surface area contributed by atoms with Gasteiger partial charge < -0.3 is 4.98 Å². The van der Waals surface area contributed by atoms with Gasteiger partial charge in [-0.1, -0.05) is 54.2 Å². The standard InChI is InChI=1S/C18H13FN2S/c19-15-8-4-3-7-14(15)11-22-18-20-16-9-12-5-1-2-6-13(12)10-17(16)21-18/h1-10H,11H2,(H,20,21). The summed E-state index contributed by atoms with van der Waals surface area (Å²) >= 11 is 1.51. The molecule has 0 saturated heterocycles. The van der Waals surface area contributed by atoms with Crippen LogP contribution in [0.3, 0.4) is 0 Å². The van der Waals surface area contributed by atoms with Gasteiger partial charge >= 0.3 is 0 Å². The van der Waals surface area contributed by atoms with Gasteiger partial charge in [0.1, 0.15) is 5.82 Å². The zero-order chi connectivity index (χ0) is 14.9. The second-order valence-electron chi connectivity index (χ2n) is 5.14. The van der Waals surface area contributed by atoms with E-state index in [1.807, 2.05) is 18.2 Å². The Kier molecular flexibility index (Phi) is 3.31. The van der Waals surface area contributed by atoms with Crippen LogP contribution in [0.15, 0.2) is 65.8 Å². The summed E-state index contributed by atoms with van der Waals surface area (Å²) in [7, 11) is 0. The molecule has 1 aromatic heterocycles. The maximum atomic E-state index is 13.6. The number of rotatable bonds is 3. The summed E-state index contributed by atoms with van der Waals surface area (Å²) in [5, 5.41) is 3.17. The van der Waals surface area contributed by atoms with Crippen molar-refractivity contribution in [2.24, 2.45) is 0 Å². The fraction of sp³-hybridized carbons (Fsp3) is 0.0556. The van der Waals surface area contributed by atoms with Gasteiger partial charge in [0.25, 0.3) is 0 Å². The Morgan fingerprint density at radius 1 is 0.955 bits per heavy atom. The Morgan fingerprint density at radius 2 is 1.68 bits per heavy atom. The largest absolute Gasteiger partial charge is 0.333 e. The normalized spacial score (nSPS) is 11.3. The minimum atomic E-state index is -0.170. The predicted molar refractivity (Wildman–Crippen MR) is 89.6 cm³/mol. The van der Waals surface area contributed by atoms with E-state index >= 15 is 0 Å². The van der Waals surface area contributed by atoms with E-state index in [9.17, 15) is 4.39 Å². The van der Waals surface area contributed by atoms with E-state index in [4.69, 9.17) is 0 Å². The van der Waals surface area contributed by atoms with E-state index in [1.165, 1.54) is 28.6 Å². The summed E-state index contributed by atoms with van der Waals surface area (Å²) in [6, 6.07) is 19.2. The maximum absolute atomic E-state index is 13.6. The highest BCUT2D eigenvalue weighted by molar-refractivity contribution is 7.98. The lowest BCUT2D eigenvalue weighted by atomic mass is 10.1. The van der Waals surface area contributed by atoms with Crippen LogP contribution in [0.2, 0.25) is 0 Å². The van der Waals surface area contributed by atoms with E-state index in [2.05, 4.69) is 34.2 Å². The fourth-order valence-corrected chi connectivity index (χ4v) is 3.37. The van der Waals surface area contributed by atoms with Gasteiger partial charge in [0.05, 0.1) is 11.0 Å². The van der Waals surface area contributed by atoms with Crippen LogP contribution in [0.1, 0.15) is 5.56 Å². The molecule has 0 fully saturated rings. The molecule has 4 aromatic rings. The molecule has 22 heavy (non-hydrogen) atoms. The number of benzene rings is 3. The Morgan fingerprint density at radius 3 is 2.50 bits per heavy atom. The summed E-state index contributed by atoms with van der Waals surface area (Å²) in [5.74, 6) is 0.392. The molecule has 0 aliphatic carbocycles. The molecular weight excluding hydrogens is 295 g/mol. The van der Waals surface area contributed by atoms with Crippen LogP contribution in [0, 0.1) is 5.82 Å². The van der Waals surface area contributed by atoms with Crippen molar-refractivity contribution in [2.75, 3.05) is 0 Å². The summed E-state index contributed by atoms with van der Waals surface area (Å²) in [5.41, 5.74) is 2.64. The third-order valence-corrected chi connectivity index (χ3v) is 4.57. The Balaban J connectivity index is 1.65. The van der Waals surface area contributed by atoms with Crippen LogP contribution in [-0.2, 0) is 5.75 Å². The maximum Gasteiger partial charge on any atom is 0.166 e. The van der Waals surface area contributed by atoms with Crippen molar-refractivity contribution in [3.8, 4) is 0 Å². The molecule has 1 heterocycles. The molecular formula is C18H13FN2S. The molecule has 2 nitrogen and oxygen atoms in total. The summed E-state index contributed by atoms with van der Waals surface area (Å²) in [4.78, 5) is 7.90. The molecule has 0 spiro atoms. The number of thioether (sulfide) groups is 1. The van der Waals surface area contributed by atoms with Crippen molar-refractivity contribution in [2.45, 2.75) is 10.9 Å². The van der Waals surface area contributed by atoms with Crippen LogP contribution in [-0.4, -0.2) is 9.97 Å². The van der Waals surface area contributed by atoms with Crippen LogP contribution < -0.4 is 0 Å². The molecule has 0 atom stereocenters. The van der Waals surface area contributed by atoms with E-state index in [-0.39, 0.29) is 5.82 Å². The lowest BCUT2D eigenvalue weighted by molar-refractivity contribution is 0.617. The second kappa shape index (κ2) is 5.46. The molecule has 4 rings (SSSR count). The van der Waals surface area contributed by atoms with Crippen molar-refractivity contribution in [3.05, 3.63) is 72.0 Å². The van der Waals surface area contributed by atoms with E-state index < -0.39 is 0 Å². The van der Waals surface area contributed by atoms with Crippen molar-refractivity contribution in [3.63, 3.8) is 0 Å². The van der Waals surface area contributed by atoms with Gasteiger partial charge in [0.15, 0.2) is 5.16 Å². The zero-order valence-electron chi connectivity index (χ0n) is 11.7.